The highest BCUT2D eigenvalue weighted by Gasteiger charge is 2.30. The lowest BCUT2D eigenvalue weighted by molar-refractivity contribution is 0.108. The zero-order valence-electron chi connectivity index (χ0n) is 9.71. The van der Waals surface area contributed by atoms with Gasteiger partial charge in [0.2, 0.25) is 0 Å². The van der Waals surface area contributed by atoms with Crippen LogP contribution in [0.3, 0.4) is 0 Å². The Hall–Kier alpha value is -0.0800. The van der Waals surface area contributed by atoms with Crippen LogP contribution in [-0.4, -0.2) is 48.6 Å². The van der Waals surface area contributed by atoms with Gasteiger partial charge in [-0.15, -0.1) is 0 Å². The molecule has 2 fully saturated rings. The summed E-state index contributed by atoms with van der Waals surface area (Å²) in [6.45, 7) is 6.32. The Morgan fingerprint density at radius 2 is 1.79 bits per heavy atom. The van der Waals surface area contributed by atoms with Gasteiger partial charge in [0.05, 0.1) is 0 Å². The molecule has 2 aliphatic rings. The summed E-state index contributed by atoms with van der Waals surface area (Å²) in [6.07, 6.45) is 7.03. The Bertz CT molecular complexity index is 173. The molecule has 2 rings (SSSR count). The van der Waals surface area contributed by atoms with Crippen LogP contribution in [0.15, 0.2) is 0 Å². The SMILES string of the molecule is CCC1CCCN1C1CCN(C)CC1. The highest BCUT2D eigenvalue weighted by Crippen LogP contribution is 2.26. The molecule has 0 N–H and O–H groups in total. The lowest BCUT2D eigenvalue weighted by Crippen LogP contribution is -2.45. The Morgan fingerprint density at radius 1 is 1.07 bits per heavy atom. The lowest BCUT2D eigenvalue weighted by Gasteiger charge is -2.38. The quantitative estimate of drug-likeness (QED) is 0.666. The van der Waals surface area contributed by atoms with Crippen LogP contribution in [0, 0.1) is 0 Å². The van der Waals surface area contributed by atoms with E-state index in [0.29, 0.717) is 0 Å². The molecule has 2 saturated heterocycles. The molecule has 0 amide bonds. The fraction of sp³-hybridized carbons (Fsp3) is 1.00. The first-order chi connectivity index (χ1) is 6.81. The van der Waals surface area contributed by atoms with Crippen LogP contribution in [0.25, 0.3) is 0 Å². The fourth-order valence-electron chi connectivity index (χ4n) is 3.10. The van der Waals surface area contributed by atoms with Gasteiger partial charge < -0.3 is 4.90 Å². The lowest BCUT2D eigenvalue weighted by atomic mass is 10.0. The molecule has 0 spiro atoms. The molecule has 14 heavy (non-hydrogen) atoms. The average Bonchev–Trinajstić information content (AvgIpc) is 2.67. The molecule has 0 radical (unpaired) electrons. The molecule has 0 aromatic rings. The van der Waals surface area contributed by atoms with E-state index in [4.69, 9.17) is 0 Å². The zero-order chi connectivity index (χ0) is 9.97. The summed E-state index contributed by atoms with van der Waals surface area (Å²) in [5.41, 5.74) is 0. The minimum atomic E-state index is 0.902. The summed E-state index contributed by atoms with van der Waals surface area (Å²) in [6, 6.07) is 1.81. The molecule has 0 saturated carbocycles. The van der Waals surface area contributed by atoms with Gasteiger partial charge in [-0.05, 0) is 58.8 Å². The van der Waals surface area contributed by atoms with Crippen LogP contribution < -0.4 is 0 Å². The van der Waals surface area contributed by atoms with Gasteiger partial charge in [-0.1, -0.05) is 6.92 Å². The van der Waals surface area contributed by atoms with E-state index < -0.39 is 0 Å². The van der Waals surface area contributed by atoms with Gasteiger partial charge in [-0.25, -0.2) is 0 Å². The standard InChI is InChI=1S/C12H24N2/c1-3-11-5-4-8-14(11)12-6-9-13(2)10-7-12/h11-12H,3-10H2,1-2H3. The molecule has 82 valence electrons. The summed E-state index contributed by atoms with van der Waals surface area (Å²) in [5.74, 6) is 0. The third-order valence-corrected chi connectivity index (χ3v) is 4.05. The molecule has 2 aliphatic heterocycles. The summed E-state index contributed by atoms with van der Waals surface area (Å²) < 4.78 is 0. The molecule has 0 aliphatic carbocycles. The Balaban J connectivity index is 1.88. The normalized spacial score (nSPS) is 32.6. The maximum atomic E-state index is 2.80. The second-order valence-electron chi connectivity index (χ2n) is 4.98. The number of likely N-dealkylation sites (tertiary alicyclic amines) is 2. The summed E-state index contributed by atoms with van der Waals surface area (Å²) in [4.78, 5) is 5.26. The molecule has 1 unspecified atom stereocenters. The van der Waals surface area contributed by atoms with E-state index in [1.54, 1.807) is 0 Å². The van der Waals surface area contributed by atoms with E-state index >= 15 is 0 Å². The second-order valence-corrected chi connectivity index (χ2v) is 4.98. The number of rotatable bonds is 2. The van der Waals surface area contributed by atoms with E-state index in [-0.39, 0.29) is 0 Å². The van der Waals surface area contributed by atoms with Crippen LogP contribution in [0.5, 0.6) is 0 Å². The summed E-state index contributed by atoms with van der Waals surface area (Å²) >= 11 is 0. The topological polar surface area (TPSA) is 6.48 Å². The zero-order valence-corrected chi connectivity index (χ0v) is 9.71. The van der Waals surface area contributed by atoms with E-state index in [9.17, 15) is 0 Å². The van der Waals surface area contributed by atoms with Crippen molar-refractivity contribution < 1.29 is 0 Å². The molecule has 0 bridgehead atoms. The molecule has 0 aromatic carbocycles. The highest BCUT2D eigenvalue weighted by molar-refractivity contribution is 4.86. The van der Waals surface area contributed by atoms with Crippen molar-refractivity contribution in [2.75, 3.05) is 26.7 Å². The fourth-order valence-corrected chi connectivity index (χ4v) is 3.10. The Kier molecular flexibility index (Phi) is 3.45. The maximum absolute atomic E-state index is 2.80. The molecular formula is C12H24N2. The highest BCUT2D eigenvalue weighted by atomic mass is 15.2. The molecule has 2 nitrogen and oxygen atoms in total. The van der Waals surface area contributed by atoms with Crippen molar-refractivity contribution in [2.45, 2.75) is 51.1 Å². The van der Waals surface area contributed by atoms with E-state index in [1.807, 2.05) is 0 Å². The predicted molar refractivity (Wildman–Crippen MR) is 60.5 cm³/mol. The van der Waals surface area contributed by atoms with Crippen molar-refractivity contribution in [3.8, 4) is 0 Å². The van der Waals surface area contributed by atoms with Gasteiger partial charge in [-0.2, -0.15) is 0 Å². The molecule has 0 aromatic heterocycles. The van der Waals surface area contributed by atoms with Gasteiger partial charge >= 0.3 is 0 Å². The molecular weight excluding hydrogens is 172 g/mol. The number of nitrogens with zero attached hydrogens (tertiary/aromatic N) is 2. The van der Waals surface area contributed by atoms with Crippen LogP contribution in [0.4, 0.5) is 0 Å². The van der Waals surface area contributed by atoms with Crippen molar-refractivity contribution >= 4 is 0 Å². The summed E-state index contributed by atoms with van der Waals surface area (Å²) in [7, 11) is 2.25. The van der Waals surface area contributed by atoms with Crippen molar-refractivity contribution in [3.05, 3.63) is 0 Å². The van der Waals surface area contributed by atoms with E-state index in [0.717, 1.165) is 12.1 Å². The van der Waals surface area contributed by atoms with Crippen molar-refractivity contribution in [1.29, 1.82) is 0 Å². The largest absolute Gasteiger partial charge is 0.306 e. The monoisotopic (exact) mass is 196 g/mol. The first kappa shape index (κ1) is 10.4. The Labute approximate surface area is 88.3 Å². The van der Waals surface area contributed by atoms with Gasteiger partial charge in [0, 0.05) is 12.1 Å². The third-order valence-electron chi connectivity index (χ3n) is 4.05. The van der Waals surface area contributed by atoms with Crippen LogP contribution >= 0.6 is 0 Å². The molecule has 2 heterocycles. The van der Waals surface area contributed by atoms with E-state index in [1.165, 1.54) is 51.7 Å². The van der Waals surface area contributed by atoms with Crippen molar-refractivity contribution in [1.82, 2.24) is 9.80 Å². The number of hydrogen-bond acceptors (Lipinski definition) is 2. The minimum absolute atomic E-state index is 0.902. The average molecular weight is 196 g/mol. The van der Waals surface area contributed by atoms with Gasteiger partial charge in [0.25, 0.3) is 0 Å². The Morgan fingerprint density at radius 3 is 2.43 bits per heavy atom. The molecule has 2 heteroatoms. The molecule has 1 atom stereocenters. The number of piperidine rings is 1. The van der Waals surface area contributed by atoms with Crippen LogP contribution in [0.1, 0.15) is 39.0 Å². The second kappa shape index (κ2) is 4.63. The first-order valence-electron chi connectivity index (χ1n) is 6.25. The van der Waals surface area contributed by atoms with Crippen molar-refractivity contribution in [2.24, 2.45) is 0 Å². The smallest absolute Gasteiger partial charge is 0.0122 e. The number of hydrogen-bond donors (Lipinski definition) is 0. The van der Waals surface area contributed by atoms with Crippen LogP contribution in [-0.2, 0) is 0 Å². The third kappa shape index (κ3) is 2.12. The predicted octanol–water partition coefficient (Wildman–Crippen LogP) is 1.95. The first-order valence-corrected chi connectivity index (χ1v) is 6.25. The maximum Gasteiger partial charge on any atom is 0.0122 e. The van der Waals surface area contributed by atoms with Crippen LogP contribution in [0.2, 0.25) is 0 Å². The van der Waals surface area contributed by atoms with Gasteiger partial charge in [-0.3, -0.25) is 4.90 Å². The van der Waals surface area contributed by atoms with Gasteiger partial charge in [0.1, 0.15) is 0 Å². The van der Waals surface area contributed by atoms with Gasteiger partial charge in [0.15, 0.2) is 0 Å². The van der Waals surface area contributed by atoms with E-state index in [2.05, 4.69) is 23.8 Å². The minimum Gasteiger partial charge on any atom is -0.306 e. The van der Waals surface area contributed by atoms with Crippen molar-refractivity contribution in [3.63, 3.8) is 0 Å². The summed E-state index contributed by atoms with van der Waals surface area (Å²) in [5, 5.41) is 0.